The van der Waals surface area contributed by atoms with Crippen LogP contribution in [0, 0.1) is 5.92 Å². The Kier molecular flexibility index (Phi) is 4.73. The van der Waals surface area contributed by atoms with E-state index in [1.807, 2.05) is 0 Å². The summed E-state index contributed by atoms with van der Waals surface area (Å²) in [5.74, 6) is -0.107. The van der Waals surface area contributed by atoms with E-state index in [2.05, 4.69) is 0 Å². The topological polar surface area (TPSA) is 86.5 Å². The predicted octanol–water partition coefficient (Wildman–Crippen LogP) is 0.0917. The fraction of sp³-hybridized carbons (Fsp3) is 0.900. The van der Waals surface area contributed by atoms with Gasteiger partial charge in [-0.1, -0.05) is 0 Å². The van der Waals surface area contributed by atoms with E-state index in [4.69, 9.17) is 10.5 Å². The van der Waals surface area contributed by atoms with Gasteiger partial charge in [-0.2, -0.15) is 0 Å². The van der Waals surface area contributed by atoms with Gasteiger partial charge < -0.3 is 10.5 Å². The molecular formula is C10H19NO4S. The van der Waals surface area contributed by atoms with E-state index in [-0.39, 0.29) is 29.8 Å². The van der Waals surface area contributed by atoms with Gasteiger partial charge in [-0.15, -0.1) is 0 Å². The van der Waals surface area contributed by atoms with Gasteiger partial charge in [0.05, 0.1) is 24.5 Å². The van der Waals surface area contributed by atoms with Crippen molar-refractivity contribution in [3.05, 3.63) is 0 Å². The van der Waals surface area contributed by atoms with Crippen molar-refractivity contribution in [2.24, 2.45) is 11.7 Å². The molecule has 2 atom stereocenters. The summed E-state index contributed by atoms with van der Waals surface area (Å²) in [7, 11) is -2.96. The molecule has 0 aromatic rings. The molecule has 0 saturated carbocycles. The molecule has 0 radical (unpaired) electrons. The fourth-order valence-corrected chi connectivity index (χ4v) is 3.81. The van der Waals surface area contributed by atoms with Crippen LogP contribution in [0.4, 0.5) is 0 Å². The van der Waals surface area contributed by atoms with Crippen LogP contribution in [0.25, 0.3) is 0 Å². The summed E-state index contributed by atoms with van der Waals surface area (Å²) in [6, 6.07) is -0.408. The summed E-state index contributed by atoms with van der Waals surface area (Å²) in [6.45, 7) is 2.06. The van der Waals surface area contributed by atoms with Crippen molar-refractivity contribution in [2.45, 2.75) is 32.2 Å². The number of carbonyl (C=O) groups excluding carboxylic acids is 1. The van der Waals surface area contributed by atoms with Gasteiger partial charge in [0.2, 0.25) is 0 Å². The second-order valence-electron chi connectivity index (χ2n) is 4.19. The molecule has 2 unspecified atom stereocenters. The number of rotatable bonds is 4. The molecule has 1 rings (SSSR count). The lowest BCUT2D eigenvalue weighted by Gasteiger charge is -2.26. The lowest BCUT2D eigenvalue weighted by molar-refractivity contribution is -0.143. The van der Waals surface area contributed by atoms with Crippen LogP contribution < -0.4 is 5.73 Å². The zero-order valence-corrected chi connectivity index (χ0v) is 10.3. The van der Waals surface area contributed by atoms with Crippen molar-refractivity contribution in [3.63, 3.8) is 0 Å². The predicted molar refractivity (Wildman–Crippen MR) is 60.6 cm³/mol. The molecule has 16 heavy (non-hydrogen) atoms. The van der Waals surface area contributed by atoms with Crippen LogP contribution in [-0.4, -0.2) is 38.5 Å². The third-order valence-corrected chi connectivity index (χ3v) is 4.66. The van der Waals surface area contributed by atoms with Crippen LogP contribution in [0.2, 0.25) is 0 Å². The first-order valence-corrected chi connectivity index (χ1v) is 7.38. The smallest absolute Gasteiger partial charge is 0.307 e. The number of sulfone groups is 1. The van der Waals surface area contributed by atoms with Crippen LogP contribution in [0.3, 0.4) is 0 Å². The highest BCUT2D eigenvalue weighted by Crippen LogP contribution is 2.22. The first-order valence-electron chi connectivity index (χ1n) is 5.56. The Hall–Kier alpha value is -0.620. The number of hydrogen-bond acceptors (Lipinski definition) is 5. The Morgan fingerprint density at radius 2 is 2.25 bits per heavy atom. The van der Waals surface area contributed by atoms with Crippen molar-refractivity contribution < 1.29 is 17.9 Å². The molecule has 5 nitrogen and oxygen atoms in total. The zero-order valence-electron chi connectivity index (χ0n) is 9.52. The second-order valence-corrected chi connectivity index (χ2v) is 6.42. The molecule has 94 valence electrons. The maximum Gasteiger partial charge on any atom is 0.307 e. The molecule has 0 aromatic carbocycles. The number of esters is 1. The van der Waals surface area contributed by atoms with Crippen molar-refractivity contribution in [3.8, 4) is 0 Å². The van der Waals surface area contributed by atoms with Crippen LogP contribution in [-0.2, 0) is 19.4 Å². The number of ether oxygens (including phenoxy) is 1. The molecule has 0 amide bonds. The van der Waals surface area contributed by atoms with Crippen LogP contribution in [0.5, 0.6) is 0 Å². The van der Waals surface area contributed by atoms with Gasteiger partial charge in [-0.25, -0.2) is 8.42 Å². The first-order chi connectivity index (χ1) is 7.44. The molecular weight excluding hydrogens is 230 g/mol. The maximum atomic E-state index is 11.4. The quantitative estimate of drug-likeness (QED) is 0.714. The first kappa shape index (κ1) is 13.4. The average Bonchev–Trinajstić information content (AvgIpc) is 2.16. The Labute approximate surface area is 96.3 Å². The largest absolute Gasteiger partial charge is 0.466 e. The molecule has 1 aliphatic heterocycles. The zero-order chi connectivity index (χ0) is 12.2. The summed E-state index contributed by atoms with van der Waals surface area (Å²) >= 11 is 0. The second kappa shape index (κ2) is 5.63. The van der Waals surface area contributed by atoms with E-state index >= 15 is 0 Å². The molecule has 0 spiro atoms. The van der Waals surface area contributed by atoms with Crippen molar-refractivity contribution in [1.82, 2.24) is 0 Å². The van der Waals surface area contributed by atoms with Crippen molar-refractivity contribution in [1.29, 1.82) is 0 Å². The van der Waals surface area contributed by atoms with Gasteiger partial charge in [0.15, 0.2) is 9.84 Å². The van der Waals surface area contributed by atoms with Gasteiger partial charge >= 0.3 is 5.97 Å². The van der Waals surface area contributed by atoms with E-state index in [0.717, 1.165) is 6.42 Å². The molecule has 0 aliphatic carbocycles. The number of nitrogens with two attached hydrogens (primary N) is 1. The highest BCUT2D eigenvalue weighted by Gasteiger charge is 2.30. The molecule has 1 heterocycles. The van der Waals surface area contributed by atoms with E-state index in [1.165, 1.54) is 0 Å². The van der Waals surface area contributed by atoms with Crippen LogP contribution in [0.1, 0.15) is 26.2 Å². The lowest BCUT2D eigenvalue weighted by atomic mass is 9.95. The molecule has 6 heteroatoms. The molecule has 0 bridgehead atoms. The Morgan fingerprint density at radius 3 is 2.81 bits per heavy atom. The molecule has 1 saturated heterocycles. The molecule has 1 aliphatic rings. The van der Waals surface area contributed by atoms with Gasteiger partial charge in [-0.3, -0.25) is 4.79 Å². The van der Waals surface area contributed by atoms with E-state index in [9.17, 15) is 13.2 Å². The summed E-state index contributed by atoms with van der Waals surface area (Å²) in [5.41, 5.74) is 5.84. The number of hydrogen-bond donors (Lipinski definition) is 1. The Bertz CT molecular complexity index is 339. The van der Waals surface area contributed by atoms with Gasteiger partial charge in [0.25, 0.3) is 0 Å². The van der Waals surface area contributed by atoms with Crippen LogP contribution in [0.15, 0.2) is 0 Å². The average molecular weight is 249 g/mol. The van der Waals surface area contributed by atoms with Gasteiger partial charge in [0, 0.05) is 6.04 Å². The summed E-state index contributed by atoms with van der Waals surface area (Å²) in [4.78, 5) is 11.2. The van der Waals surface area contributed by atoms with E-state index in [1.54, 1.807) is 6.92 Å². The standard InChI is InChI=1S/C10H19NO4S/c1-2-15-10(12)6-9(11)8-4-3-5-16(13,14)7-8/h8-9H,2-7,11H2,1H3. The lowest BCUT2D eigenvalue weighted by Crippen LogP contribution is -2.40. The SMILES string of the molecule is CCOC(=O)CC(N)C1CCCS(=O)(=O)C1. The van der Waals surface area contributed by atoms with E-state index in [0.29, 0.717) is 13.0 Å². The van der Waals surface area contributed by atoms with E-state index < -0.39 is 15.9 Å². The summed E-state index contributed by atoms with van der Waals surface area (Å²) in [6.07, 6.45) is 1.53. The fourth-order valence-electron chi connectivity index (χ4n) is 1.97. The minimum Gasteiger partial charge on any atom is -0.466 e. The molecule has 2 N–H and O–H groups in total. The van der Waals surface area contributed by atoms with Gasteiger partial charge in [-0.05, 0) is 25.7 Å². The minimum absolute atomic E-state index is 0.105. The monoisotopic (exact) mass is 249 g/mol. The third-order valence-electron chi connectivity index (χ3n) is 2.81. The summed E-state index contributed by atoms with van der Waals surface area (Å²) < 4.78 is 27.6. The molecule has 0 aromatic heterocycles. The molecule has 1 fully saturated rings. The maximum absolute atomic E-state index is 11.4. The van der Waals surface area contributed by atoms with Crippen molar-refractivity contribution >= 4 is 15.8 Å². The minimum atomic E-state index is -2.96. The van der Waals surface area contributed by atoms with Gasteiger partial charge in [0.1, 0.15) is 0 Å². The highest BCUT2D eigenvalue weighted by atomic mass is 32.2. The number of carbonyl (C=O) groups is 1. The summed E-state index contributed by atoms with van der Waals surface area (Å²) in [5, 5.41) is 0. The van der Waals surface area contributed by atoms with Crippen molar-refractivity contribution in [2.75, 3.05) is 18.1 Å². The normalized spacial score (nSPS) is 26.0. The highest BCUT2D eigenvalue weighted by molar-refractivity contribution is 7.91. The third kappa shape index (κ3) is 4.09. The Balaban J connectivity index is 2.47. The Morgan fingerprint density at radius 1 is 1.56 bits per heavy atom. The van der Waals surface area contributed by atoms with Crippen LogP contribution >= 0.6 is 0 Å².